The van der Waals surface area contributed by atoms with Gasteiger partial charge in [-0.25, -0.2) is 8.42 Å². The van der Waals surface area contributed by atoms with Crippen molar-refractivity contribution in [1.29, 1.82) is 0 Å². The van der Waals surface area contributed by atoms with E-state index in [9.17, 15) is 28.1 Å². The molecule has 1 aliphatic heterocycles. The number of unbranched alkanes of at least 4 members (excludes halogenated alkanes) is 2. The second-order valence-corrected chi connectivity index (χ2v) is 10.3. The Labute approximate surface area is 214 Å². The van der Waals surface area contributed by atoms with Crippen molar-refractivity contribution < 1.29 is 22.9 Å². The average molecular weight is 520 g/mol. The number of hydrogen-bond acceptors (Lipinski definition) is 6. The highest BCUT2D eigenvalue weighted by Gasteiger charge is 2.40. The molecule has 0 aliphatic carbocycles. The lowest BCUT2D eigenvalue weighted by Gasteiger charge is -2.33. The number of nitrogens with one attached hydrogen (secondary N) is 1. The van der Waals surface area contributed by atoms with Crippen molar-refractivity contribution in [1.82, 2.24) is 9.62 Å². The molecular formula is C27H25N3O6S. The van der Waals surface area contributed by atoms with Crippen LogP contribution in [0.25, 0.3) is 5.70 Å². The summed E-state index contributed by atoms with van der Waals surface area (Å²) >= 11 is 0. The molecule has 0 spiro atoms. The molecule has 1 N–H and O–H groups in total. The summed E-state index contributed by atoms with van der Waals surface area (Å²) in [6.45, 7) is 2.05. The van der Waals surface area contributed by atoms with Crippen LogP contribution in [-0.4, -0.2) is 35.9 Å². The number of amides is 1. The minimum absolute atomic E-state index is 0.0184. The van der Waals surface area contributed by atoms with Crippen molar-refractivity contribution in [2.24, 2.45) is 0 Å². The molecule has 0 saturated heterocycles. The number of carbonyl (C=O) groups is 2. The van der Waals surface area contributed by atoms with E-state index in [-0.39, 0.29) is 45.2 Å². The van der Waals surface area contributed by atoms with Gasteiger partial charge in [0.25, 0.3) is 21.6 Å². The van der Waals surface area contributed by atoms with Crippen LogP contribution in [0.4, 0.5) is 5.69 Å². The van der Waals surface area contributed by atoms with Gasteiger partial charge in [0.05, 0.1) is 15.5 Å². The van der Waals surface area contributed by atoms with Crippen molar-refractivity contribution in [3.63, 3.8) is 0 Å². The zero-order valence-corrected chi connectivity index (χ0v) is 20.9. The molecule has 10 heteroatoms. The third-order valence-corrected chi connectivity index (χ3v) is 7.86. The van der Waals surface area contributed by atoms with E-state index in [2.05, 4.69) is 5.32 Å². The molecule has 0 bridgehead atoms. The van der Waals surface area contributed by atoms with E-state index in [1.165, 1.54) is 30.3 Å². The summed E-state index contributed by atoms with van der Waals surface area (Å²) < 4.78 is 28.5. The number of Topliss-reactive ketones (excluding diaryl/α,β-unsaturated/α-hetero) is 1. The highest BCUT2D eigenvalue weighted by molar-refractivity contribution is 7.89. The predicted molar refractivity (Wildman–Crippen MR) is 138 cm³/mol. The fourth-order valence-corrected chi connectivity index (χ4v) is 5.85. The summed E-state index contributed by atoms with van der Waals surface area (Å²) in [7, 11) is -4.09. The number of hydrogen-bond donors (Lipinski definition) is 1. The minimum Gasteiger partial charge on any atom is -0.319 e. The zero-order chi connectivity index (χ0) is 26.6. The molecule has 0 saturated carbocycles. The largest absolute Gasteiger partial charge is 0.319 e. The van der Waals surface area contributed by atoms with Gasteiger partial charge in [-0.2, -0.15) is 0 Å². The van der Waals surface area contributed by atoms with Crippen LogP contribution in [0.5, 0.6) is 0 Å². The van der Waals surface area contributed by atoms with Crippen LogP contribution in [0.1, 0.15) is 52.5 Å². The van der Waals surface area contributed by atoms with Gasteiger partial charge < -0.3 is 5.32 Å². The molecule has 37 heavy (non-hydrogen) atoms. The lowest BCUT2D eigenvalue weighted by Crippen LogP contribution is -2.41. The van der Waals surface area contributed by atoms with Crippen molar-refractivity contribution in [2.45, 2.75) is 31.1 Å². The molecule has 4 rings (SSSR count). The van der Waals surface area contributed by atoms with Crippen LogP contribution in [0.2, 0.25) is 0 Å². The Bertz CT molecular complexity index is 1480. The van der Waals surface area contributed by atoms with Gasteiger partial charge in [0, 0.05) is 35.4 Å². The fourth-order valence-electron chi connectivity index (χ4n) is 4.13. The Morgan fingerprint density at radius 3 is 2.19 bits per heavy atom. The Kier molecular flexibility index (Phi) is 7.49. The van der Waals surface area contributed by atoms with Gasteiger partial charge in [-0.15, -0.1) is 0 Å². The number of rotatable bonds is 9. The summed E-state index contributed by atoms with van der Waals surface area (Å²) in [5, 5.41) is 13.7. The average Bonchev–Trinajstić information content (AvgIpc) is 2.91. The Morgan fingerprint density at radius 1 is 0.892 bits per heavy atom. The summed E-state index contributed by atoms with van der Waals surface area (Å²) in [6, 6.07) is 19.5. The minimum atomic E-state index is -4.09. The molecule has 0 radical (unpaired) electrons. The summed E-state index contributed by atoms with van der Waals surface area (Å²) in [5.74, 6) is -1.18. The first kappa shape index (κ1) is 25.8. The normalized spacial score (nSPS) is 14.1. The Balaban J connectivity index is 1.89. The van der Waals surface area contributed by atoms with Gasteiger partial charge in [0.1, 0.15) is 5.70 Å². The van der Waals surface area contributed by atoms with Gasteiger partial charge in [-0.05, 0) is 24.6 Å². The number of fused-ring (bicyclic) bond motifs is 1. The van der Waals surface area contributed by atoms with Crippen molar-refractivity contribution in [2.75, 3.05) is 6.54 Å². The SMILES string of the molecule is CCCCCN1C(C(=O)c2ccccc2)=C(NC(=O)c2ccc([N+](=O)[O-])cc2)c2ccccc2S1(=O)=O. The maximum atomic E-state index is 13.8. The van der Waals surface area contributed by atoms with E-state index < -0.39 is 26.6 Å². The second kappa shape index (κ2) is 10.8. The summed E-state index contributed by atoms with van der Waals surface area (Å²) in [6.07, 6.45) is 2.12. The lowest BCUT2D eigenvalue weighted by molar-refractivity contribution is -0.384. The van der Waals surface area contributed by atoms with Crippen LogP contribution in [0.3, 0.4) is 0 Å². The van der Waals surface area contributed by atoms with Crippen LogP contribution >= 0.6 is 0 Å². The molecular weight excluding hydrogens is 494 g/mol. The first-order valence-electron chi connectivity index (χ1n) is 11.8. The van der Waals surface area contributed by atoms with E-state index in [0.717, 1.165) is 17.1 Å². The van der Waals surface area contributed by atoms with Gasteiger partial charge in [0.2, 0.25) is 5.78 Å². The van der Waals surface area contributed by atoms with Gasteiger partial charge in [-0.1, -0.05) is 68.3 Å². The summed E-state index contributed by atoms with van der Waals surface area (Å²) in [4.78, 5) is 37.4. The molecule has 0 fully saturated rings. The first-order valence-corrected chi connectivity index (χ1v) is 13.2. The Morgan fingerprint density at radius 2 is 1.54 bits per heavy atom. The maximum absolute atomic E-state index is 13.8. The topological polar surface area (TPSA) is 127 Å². The van der Waals surface area contributed by atoms with Crippen LogP contribution < -0.4 is 5.32 Å². The number of nitro groups is 1. The predicted octanol–water partition coefficient (Wildman–Crippen LogP) is 4.77. The highest BCUT2D eigenvalue weighted by Crippen LogP contribution is 2.37. The first-order chi connectivity index (χ1) is 17.8. The third kappa shape index (κ3) is 5.14. The fraction of sp³-hybridized carbons (Fsp3) is 0.185. The molecule has 1 aliphatic rings. The number of allylic oxidation sites excluding steroid dienone is 1. The summed E-state index contributed by atoms with van der Waals surface area (Å²) in [5.41, 5.74) is 0.341. The molecule has 1 amide bonds. The van der Waals surface area contributed by atoms with Crippen LogP contribution in [0.15, 0.2) is 89.5 Å². The lowest BCUT2D eigenvalue weighted by atomic mass is 10.0. The molecule has 0 aromatic heterocycles. The second-order valence-electron chi connectivity index (χ2n) is 8.46. The standard InChI is InChI=1S/C27H25N3O6S/c1-2-3-9-18-29-25(26(31)19-10-5-4-6-11-19)24(22-12-7-8-13-23(22)37(29,35)36)28-27(32)20-14-16-21(17-15-20)30(33)34/h4-8,10-17H,2-3,9,18H2,1H3,(H,28,32). The van der Waals surface area contributed by atoms with Crippen molar-refractivity contribution >= 4 is 33.1 Å². The van der Waals surface area contributed by atoms with Crippen molar-refractivity contribution in [3.05, 3.63) is 111 Å². The molecule has 3 aromatic carbocycles. The number of non-ortho nitro benzene ring substituents is 1. The molecule has 1 heterocycles. The van der Waals surface area contributed by atoms with E-state index in [4.69, 9.17) is 0 Å². The molecule has 0 atom stereocenters. The highest BCUT2D eigenvalue weighted by atomic mass is 32.2. The zero-order valence-electron chi connectivity index (χ0n) is 20.1. The molecule has 0 unspecified atom stereocenters. The number of nitro benzene ring substituents is 1. The van der Waals surface area contributed by atoms with E-state index in [1.54, 1.807) is 48.5 Å². The molecule has 3 aromatic rings. The quantitative estimate of drug-likeness (QED) is 0.188. The van der Waals surface area contributed by atoms with Gasteiger partial charge in [-0.3, -0.25) is 24.0 Å². The Hall–Kier alpha value is -4.31. The van der Waals surface area contributed by atoms with E-state index in [1.807, 2.05) is 6.92 Å². The van der Waals surface area contributed by atoms with E-state index in [0.29, 0.717) is 6.42 Å². The van der Waals surface area contributed by atoms with E-state index >= 15 is 0 Å². The number of ketones is 1. The number of sulfonamides is 1. The molecule has 9 nitrogen and oxygen atoms in total. The number of benzene rings is 3. The third-order valence-electron chi connectivity index (χ3n) is 6.01. The monoisotopic (exact) mass is 519 g/mol. The smallest absolute Gasteiger partial charge is 0.269 e. The number of carbonyl (C=O) groups excluding carboxylic acids is 2. The van der Waals surface area contributed by atoms with Gasteiger partial charge >= 0.3 is 0 Å². The van der Waals surface area contributed by atoms with Crippen LogP contribution in [0, 0.1) is 10.1 Å². The van der Waals surface area contributed by atoms with Gasteiger partial charge in [0.15, 0.2) is 0 Å². The maximum Gasteiger partial charge on any atom is 0.269 e. The molecule has 190 valence electrons. The number of nitrogens with zero attached hydrogens (tertiary/aromatic N) is 2. The van der Waals surface area contributed by atoms with Crippen molar-refractivity contribution in [3.8, 4) is 0 Å². The van der Waals surface area contributed by atoms with Crippen LogP contribution in [-0.2, 0) is 10.0 Å².